The molecule has 0 saturated heterocycles. The lowest BCUT2D eigenvalue weighted by Crippen LogP contribution is -2.38. The van der Waals surface area contributed by atoms with Crippen molar-refractivity contribution in [1.82, 2.24) is 9.55 Å². The van der Waals surface area contributed by atoms with Crippen LogP contribution in [-0.4, -0.2) is 27.3 Å². The Morgan fingerprint density at radius 1 is 1.69 bits per heavy atom. The fourth-order valence-corrected chi connectivity index (χ4v) is 2.75. The number of nitrogens with zero attached hydrogens (tertiary/aromatic N) is 2. The van der Waals surface area contributed by atoms with Gasteiger partial charge < -0.3 is 15.4 Å². The smallest absolute Gasteiger partial charge is 0.108 e. The van der Waals surface area contributed by atoms with Gasteiger partial charge in [-0.2, -0.15) is 0 Å². The molecule has 1 aliphatic carbocycles. The topological polar surface area (TPSA) is 64.1 Å². The van der Waals surface area contributed by atoms with Gasteiger partial charge in [0, 0.05) is 37.8 Å². The van der Waals surface area contributed by atoms with E-state index in [9.17, 15) is 5.11 Å². The van der Waals surface area contributed by atoms with E-state index in [-0.39, 0.29) is 11.5 Å². The molecule has 1 aromatic heterocycles. The number of nitrogens with two attached hydrogens (primary N) is 1. The van der Waals surface area contributed by atoms with Gasteiger partial charge in [-0.05, 0) is 19.3 Å². The summed E-state index contributed by atoms with van der Waals surface area (Å²) in [5, 5.41) is 10.0. The summed E-state index contributed by atoms with van der Waals surface area (Å²) < 4.78 is 2.03. The van der Waals surface area contributed by atoms with Crippen LogP contribution in [0.5, 0.6) is 0 Å². The van der Waals surface area contributed by atoms with Crippen molar-refractivity contribution in [2.75, 3.05) is 6.54 Å². The number of imidazole rings is 1. The maximum Gasteiger partial charge on any atom is 0.108 e. The number of aliphatic hydroxyl groups excluding tert-OH is 1. The van der Waals surface area contributed by atoms with Crippen molar-refractivity contribution < 1.29 is 5.11 Å². The number of aliphatic hydroxyl groups is 1. The van der Waals surface area contributed by atoms with E-state index in [1.807, 2.05) is 24.0 Å². The van der Waals surface area contributed by atoms with Crippen LogP contribution in [-0.2, 0) is 13.5 Å². The molecule has 0 spiro atoms. The monoisotopic (exact) mass is 223 g/mol. The zero-order chi connectivity index (χ0) is 11.6. The molecule has 0 radical (unpaired) electrons. The molecule has 2 rings (SSSR count). The van der Waals surface area contributed by atoms with Gasteiger partial charge in [0.2, 0.25) is 0 Å². The Bertz CT molecular complexity index is 350. The summed E-state index contributed by atoms with van der Waals surface area (Å²) in [5.41, 5.74) is 5.79. The zero-order valence-corrected chi connectivity index (χ0v) is 9.89. The van der Waals surface area contributed by atoms with Gasteiger partial charge in [0.1, 0.15) is 5.82 Å². The first-order valence-electron chi connectivity index (χ1n) is 6.02. The van der Waals surface area contributed by atoms with Crippen LogP contribution in [0.2, 0.25) is 0 Å². The van der Waals surface area contributed by atoms with Crippen molar-refractivity contribution in [2.45, 2.75) is 38.2 Å². The van der Waals surface area contributed by atoms with Crippen molar-refractivity contribution in [2.24, 2.45) is 18.2 Å². The Hall–Kier alpha value is -0.870. The highest BCUT2D eigenvalue weighted by Crippen LogP contribution is 2.41. The molecule has 1 saturated carbocycles. The molecule has 1 aliphatic rings. The highest BCUT2D eigenvalue weighted by Gasteiger charge is 2.40. The van der Waals surface area contributed by atoms with Crippen molar-refractivity contribution >= 4 is 0 Å². The third-order valence-corrected chi connectivity index (χ3v) is 4.03. The van der Waals surface area contributed by atoms with Crippen molar-refractivity contribution in [3.8, 4) is 0 Å². The first-order chi connectivity index (χ1) is 7.68. The predicted molar refractivity (Wildman–Crippen MR) is 62.9 cm³/mol. The lowest BCUT2D eigenvalue weighted by molar-refractivity contribution is 0.0518. The molecule has 0 bridgehead atoms. The van der Waals surface area contributed by atoms with E-state index in [2.05, 4.69) is 4.98 Å². The van der Waals surface area contributed by atoms with Gasteiger partial charge in [-0.3, -0.25) is 0 Å². The molecule has 0 aliphatic heterocycles. The molecule has 2 atom stereocenters. The van der Waals surface area contributed by atoms with Gasteiger partial charge >= 0.3 is 0 Å². The van der Waals surface area contributed by atoms with Crippen LogP contribution in [0.15, 0.2) is 12.4 Å². The maximum absolute atomic E-state index is 10.0. The summed E-state index contributed by atoms with van der Waals surface area (Å²) in [5.74, 6) is 1.08. The Balaban J connectivity index is 2.00. The summed E-state index contributed by atoms with van der Waals surface area (Å²) in [6, 6.07) is 0. The van der Waals surface area contributed by atoms with Gasteiger partial charge in [-0.1, -0.05) is 6.42 Å². The first-order valence-corrected chi connectivity index (χ1v) is 6.02. The SMILES string of the molecule is Cn1ccnc1CCC1(CN)CCCC1O. The highest BCUT2D eigenvalue weighted by atomic mass is 16.3. The summed E-state index contributed by atoms with van der Waals surface area (Å²) in [4.78, 5) is 4.31. The quantitative estimate of drug-likeness (QED) is 0.795. The Morgan fingerprint density at radius 2 is 2.50 bits per heavy atom. The average molecular weight is 223 g/mol. The van der Waals surface area contributed by atoms with E-state index in [0.29, 0.717) is 6.54 Å². The van der Waals surface area contributed by atoms with Crippen LogP contribution in [0.25, 0.3) is 0 Å². The maximum atomic E-state index is 10.0. The standard InChI is InChI=1S/C12H21N3O/c1-15-8-7-14-11(15)4-6-12(9-13)5-2-3-10(12)16/h7-8,10,16H,2-6,9,13H2,1H3. The fourth-order valence-electron chi connectivity index (χ4n) is 2.75. The lowest BCUT2D eigenvalue weighted by Gasteiger charge is -2.31. The normalized spacial score (nSPS) is 29.8. The minimum absolute atomic E-state index is 0.0635. The van der Waals surface area contributed by atoms with Crippen LogP contribution in [0, 0.1) is 5.41 Å². The minimum atomic E-state index is -0.224. The second kappa shape index (κ2) is 4.55. The van der Waals surface area contributed by atoms with Crippen LogP contribution >= 0.6 is 0 Å². The average Bonchev–Trinajstić information content (AvgIpc) is 2.84. The molecule has 16 heavy (non-hydrogen) atoms. The van der Waals surface area contributed by atoms with E-state index in [4.69, 9.17) is 5.73 Å². The number of aryl methyl sites for hydroxylation is 2. The van der Waals surface area contributed by atoms with E-state index in [0.717, 1.165) is 37.9 Å². The van der Waals surface area contributed by atoms with E-state index >= 15 is 0 Å². The third kappa shape index (κ3) is 1.99. The molecule has 1 fully saturated rings. The van der Waals surface area contributed by atoms with Gasteiger partial charge in [0.05, 0.1) is 6.10 Å². The number of hydrogen-bond donors (Lipinski definition) is 2. The Kier molecular flexibility index (Phi) is 3.30. The molecular formula is C12H21N3O. The van der Waals surface area contributed by atoms with Crippen LogP contribution < -0.4 is 5.73 Å². The molecular weight excluding hydrogens is 202 g/mol. The van der Waals surface area contributed by atoms with Crippen LogP contribution in [0.1, 0.15) is 31.5 Å². The molecule has 4 heteroatoms. The molecule has 2 unspecified atom stereocenters. The molecule has 4 nitrogen and oxygen atoms in total. The first kappa shape index (κ1) is 11.6. The second-order valence-electron chi connectivity index (χ2n) is 4.93. The van der Waals surface area contributed by atoms with Crippen molar-refractivity contribution in [3.63, 3.8) is 0 Å². The van der Waals surface area contributed by atoms with Gasteiger partial charge in [0.25, 0.3) is 0 Å². The zero-order valence-electron chi connectivity index (χ0n) is 9.89. The van der Waals surface area contributed by atoms with Crippen molar-refractivity contribution in [3.05, 3.63) is 18.2 Å². The fraction of sp³-hybridized carbons (Fsp3) is 0.750. The summed E-state index contributed by atoms with van der Waals surface area (Å²) in [6.45, 7) is 0.582. The van der Waals surface area contributed by atoms with Gasteiger partial charge in [-0.15, -0.1) is 0 Å². The number of hydrogen-bond acceptors (Lipinski definition) is 3. The largest absolute Gasteiger partial charge is 0.393 e. The molecule has 1 aromatic rings. The van der Waals surface area contributed by atoms with Crippen LogP contribution in [0.3, 0.4) is 0 Å². The number of rotatable bonds is 4. The Morgan fingerprint density at radius 3 is 3.00 bits per heavy atom. The summed E-state index contributed by atoms with van der Waals surface area (Å²) >= 11 is 0. The van der Waals surface area contributed by atoms with Crippen molar-refractivity contribution in [1.29, 1.82) is 0 Å². The molecule has 0 aromatic carbocycles. The molecule has 90 valence electrons. The molecule has 3 N–H and O–H groups in total. The van der Waals surface area contributed by atoms with E-state index in [1.54, 1.807) is 0 Å². The molecule has 0 amide bonds. The van der Waals surface area contributed by atoms with E-state index in [1.165, 1.54) is 0 Å². The predicted octanol–water partition coefficient (Wildman–Crippen LogP) is 0.843. The van der Waals surface area contributed by atoms with E-state index < -0.39 is 0 Å². The Labute approximate surface area is 96.5 Å². The second-order valence-corrected chi connectivity index (χ2v) is 4.93. The summed E-state index contributed by atoms with van der Waals surface area (Å²) in [6.07, 6.45) is 8.43. The third-order valence-electron chi connectivity index (χ3n) is 4.03. The summed E-state index contributed by atoms with van der Waals surface area (Å²) in [7, 11) is 2.00. The van der Waals surface area contributed by atoms with Gasteiger partial charge in [-0.25, -0.2) is 4.98 Å². The minimum Gasteiger partial charge on any atom is -0.393 e. The lowest BCUT2D eigenvalue weighted by atomic mass is 9.79. The molecule has 1 heterocycles. The van der Waals surface area contributed by atoms with Crippen LogP contribution in [0.4, 0.5) is 0 Å². The van der Waals surface area contributed by atoms with Gasteiger partial charge in [0.15, 0.2) is 0 Å². The highest BCUT2D eigenvalue weighted by molar-refractivity contribution is 4.98. The number of aromatic nitrogens is 2.